The zero-order valence-corrected chi connectivity index (χ0v) is 15.7. The van der Waals surface area contributed by atoms with Crippen molar-refractivity contribution in [1.82, 2.24) is 5.32 Å². The van der Waals surface area contributed by atoms with Crippen LogP contribution in [0.3, 0.4) is 0 Å². The van der Waals surface area contributed by atoms with E-state index < -0.39 is 18.5 Å². The summed E-state index contributed by atoms with van der Waals surface area (Å²) in [6.45, 7) is 1.47. The van der Waals surface area contributed by atoms with E-state index in [1.807, 2.05) is 6.92 Å². The number of benzene rings is 1. The molecular weight excluding hydrogens is 356 g/mol. The van der Waals surface area contributed by atoms with Crippen LogP contribution in [0.25, 0.3) is 0 Å². The number of carbonyl (C=O) groups excluding carboxylic acids is 3. The van der Waals surface area contributed by atoms with Gasteiger partial charge < -0.3 is 15.4 Å². The molecule has 0 aromatic heterocycles. The lowest BCUT2D eigenvalue weighted by atomic mass is 9.95. The summed E-state index contributed by atoms with van der Waals surface area (Å²) in [6.07, 6.45) is 5.52. The van der Waals surface area contributed by atoms with E-state index in [9.17, 15) is 14.4 Å². The number of esters is 1. The molecule has 2 rings (SSSR count). The third kappa shape index (κ3) is 7.04. The summed E-state index contributed by atoms with van der Waals surface area (Å²) in [7, 11) is 0. The monoisotopic (exact) mass is 380 g/mol. The summed E-state index contributed by atoms with van der Waals surface area (Å²) in [5, 5.41) is 6.09. The number of hydrogen-bond donors (Lipinski definition) is 2. The molecule has 1 aliphatic carbocycles. The van der Waals surface area contributed by atoms with Crippen LogP contribution in [0.15, 0.2) is 18.2 Å². The fraction of sp³-hybridized carbons (Fsp3) is 0.526. The van der Waals surface area contributed by atoms with Crippen LogP contribution in [0.2, 0.25) is 5.02 Å². The number of halogens is 1. The Kier molecular flexibility index (Phi) is 7.91. The summed E-state index contributed by atoms with van der Waals surface area (Å²) in [6, 6.07) is 5.36. The van der Waals surface area contributed by atoms with Gasteiger partial charge in [-0.15, -0.1) is 0 Å². The first-order valence-corrected chi connectivity index (χ1v) is 9.33. The Morgan fingerprint density at radius 3 is 2.54 bits per heavy atom. The van der Waals surface area contributed by atoms with Gasteiger partial charge in [0.05, 0.1) is 6.42 Å². The van der Waals surface area contributed by atoms with Gasteiger partial charge in [0.15, 0.2) is 6.61 Å². The van der Waals surface area contributed by atoms with Crippen LogP contribution in [0, 0.1) is 6.92 Å². The summed E-state index contributed by atoms with van der Waals surface area (Å²) in [5.74, 6) is -1.17. The standard InChI is InChI=1S/C19H25ClN2O4/c1-13-7-8-15(11-16(13)20)22-18(24)12-26-19(25)10-9-17(23)21-14-5-3-2-4-6-14/h7-8,11,14H,2-6,9-10,12H2,1H3,(H,21,23)(H,22,24). The minimum absolute atomic E-state index is 0.0395. The zero-order chi connectivity index (χ0) is 18.9. The van der Waals surface area contributed by atoms with E-state index >= 15 is 0 Å². The van der Waals surface area contributed by atoms with E-state index in [-0.39, 0.29) is 24.8 Å². The first-order valence-electron chi connectivity index (χ1n) is 8.95. The molecule has 1 aromatic rings. The number of rotatable bonds is 7. The van der Waals surface area contributed by atoms with Crippen LogP contribution >= 0.6 is 11.6 Å². The Morgan fingerprint density at radius 2 is 1.85 bits per heavy atom. The Labute approximate surface area is 158 Å². The average molecular weight is 381 g/mol. The maximum Gasteiger partial charge on any atom is 0.306 e. The first kappa shape index (κ1) is 20.2. The van der Waals surface area contributed by atoms with E-state index in [2.05, 4.69) is 10.6 Å². The molecule has 2 N–H and O–H groups in total. The molecule has 0 heterocycles. The van der Waals surface area contributed by atoms with Crippen LogP contribution in [0.1, 0.15) is 50.5 Å². The summed E-state index contributed by atoms with van der Waals surface area (Å²) < 4.78 is 4.91. The second-order valence-corrected chi connectivity index (χ2v) is 6.98. The molecule has 142 valence electrons. The number of nitrogens with one attached hydrogen (secondary N) is 2. The molecule has 26 heavy (non-hydrogen) atoms. The fourth-order valence-corrected chi connectivity index (χ4v) is 3.03. The predicted molar refractivity (Wildman–Crippen MR) is 100 cm³/mol. The van der Waals surface area contributed by atoms with Gasteiger partial charge in [0.25, 0.3) is 5.91 Å². The van der Waals surface area contributed by atoms with Gasteiger partial charge in [0, 0.05) is 23.2 Å². The molecule has 0 atom stereocenters. The SMILES string of the molecule is Cc1ccc(NC(=O)COC(=O)CCC(=O)NC2CCCCC2)cc1Cl. The minimum atomic E-state index is -0.569. The van der Waals surface area contributed by atoms with Crippen molar-refractivity contribution in [2.45, 2.75) is 57.9 Å². The van der Waals surface area contributed by atoms with Crippen LogP contribution in [0.5, 0.6) is 0 Å². The second-order valence-electron chi connectivity index (χ2n) is 6.58. The summed E-state index contributed by atoms with van der Waals surface area (Å²) >= 11 is 5.99. The molecule has 0 aliphatic heterocycles. The van der Waals surface area contributed by atoms with Crippen molar-refractivity contribution in [3.05, 3.63) is 28.8 Å². The van der Waals surface area contributed by atoms with Gasteiger partial charge >= 0.3 is 5.97 Å². The third-order valence-corrected chi connectivity index (χ3v) is 4.75. The maximum atomic E-state index is 11.8. The normalized spacial score (nSPS) is 14.5. The third-order valence-electron chi connectivity index (χ3n) is 4.35. The molecule has 0 radical (unpaired) electrons. The minimum Gasteiger partial charge on any atom is -0.456 e. The van der Waals surface area contributed by atoms with E-state index in [0.717, 1.165) is 31.2 Å². The molecule has 0 unspecified atom stereocenters. The second kappa shape index (κ2) is 10.2. The van der Waals surface area contributed by atoms with Gasteiger partial charge in [0.2, 0.25) is 5.91 Å². The number of ether oxygens (including phenoxy) is 1. The molecule has 1 aliphatic rings. The van der Waals surface area contributed by atoms with Crippen LogP contribution in [-0.2, 0) is 19.1 Å². The van der Waals surface area contributed by atoms with Crippen molar-refractivity contribution in [3.63, 3.8) is 0 Å². The van der Waals surface area contributed by atoms with Crippen molar-refractivity contribution < 1.29 is 19.1 Å². The molecule has 1 fully saturated rings. The lowest BCUT2D eigenvalue weighted by molar-refractivity contribution is -0.148. The Balaban J connectivity index is 1.63. The van der Waals surface area contributed by atoms with Gasteiger partial charge in [-0.05, 0) is 37.5 Å². The highest BCUT2D eigenvalue weighted by molar-refractivity contribution is 6.31. The fourth-order valence-electron chi connectivity index (χ4n) is 2.85. The van der Waals surface area contributed by atoms with Crippen LogP contribution in [0.4, 0.5) is 5.69 Å². The summed E-state index contributed by atoms with van der Waals surface area (Å²) in [4.78, 5) is 35.3. The van der Waals surface area contributed by atoms with Crippen molar-refractivity contribution in [2.75, 3.05) is 11.9 Å². The van der Waals surface area contributed by atoms with Crippen molar-refractivity contribution in [2.24, 2.45) is 0 Å². The maximum absolute atomic E-state index is 11.8. The molecule has 1 aromatic carbocycles. The van der Waals surface area contributed by atoms with E-state index in [0.29, 0.717) is 10.7 Å². The lowest BCUT2D eigenvalue weighted by Gasteiger charge is -2.22. The molecular formula is C19H25ClN2O4. The number of anilines is 1. The highest BCUT2D eigenvalue weighted by atomic mass is 35.5. The number of hydrogen-bond acceptors (Lipinski definition) is 4. The molecule has 6 nitrogen and oxygen atoms in total. The van der Waals surface area contributed by atoms with E-state index in [1.54, 1.807) is 18.2 Å². The number of amides is 2. The summed E-state index contributed by atoms with van der Waals surface area (Å²) in [5.41, 5.74) is 1.44. The van der Waals surface area contributed by atoms with Gasteiger partial charge in [-0.1, -0.05) is 36.9 Å². The van der Waals surface area contributed by atoms with Crippen LogP contribution in [-0.4, -0.2) is 30.4 Å². The quantitative estimate of drug-likeness (QED) is 0.710. The van der Waals surface area contributed by atoms with Crippen LogP contribution < -0.4 is 10.6 Å². The van der Waals surface area contributed by atoms with Gasteiger partial charge in [-0.3, -0.25) is 14.4 Å². The Morgan fingerprint density at radius 1 is 1.12 bits per heavy atom. The largest absolute Gasteiger partial charge is 0.456 e. The molecule has 0 bridgehead atoms. The Hall–Kier alpha value is -2.08. The number of carbonyl (C=O) groups is 3. The zero-order valence-electron chi connectivity index (χ0n) is 15.0. The van der Waals surface area contributed by atoms with Crippen molar-refractivity contribution in [1.29, 1.82) is 0 Å². The van der Waals surface area contributed by atoms with Gasteiger partial charge in [0.1, 0.15) is 0 Å². The molecule has 0 spiro atoms. The first-order chi connectivity index (χ1) is 12.4. The van der Waals surface area contributed by atoms with Crippen molar-refractivity contribution in [3.8, 4) is 0 Å². The molecule has 0 saturated heterocycles. The lowest BCUT2D eigenvalue weighted by Crippen LogP contribution is -2.36. The average Bonchev–Trinajstić information content (AvgIpc) is 2.62. The van der Waals surface area contributed by atoms with Crippen molar-refractivity contribution >= 4 is 35.1 Å². The highest BCUT2D eigenvalue weighted by Crippen LogP contribution is 2.20. The van der Waals surface area contributed by atoms with E-state index in [4.69, 9.17) is 16.3 Å². The topological polar surface area (TPSA) is 84.5 Å². The molecule has 1 saturated carbocycles. The van der Waals surface area contributed by atoms with Gasteiger partial charge in [-0.25, -0.2) is 0 Å². The predicted octanol–water partition coefficient (Wildman–Crippen LogP) is 3.36. The molecule has 7 heteroatoms. The smallest absolute Gasteiger partial charge is 0.306 e. The van der Waals surface area contributed by atoms with E-state index in [1.165, 1.54) is 6.42 Å². The highest BCUT2D eigenvalue weighted by Gasteiger charge is 2.17. The Bertz CT molecular complexity index is 657. The number of aryl methyl sites for hydroxylation is 1. The molecule has 2 amide bonds. The van der Waals surface area contributed by atoms with Gasteiger partial charge in [-0.2, -0.15) is 0 Å².